The maximum absolute atomic E-state index is 12.5. The fourth-order valence-corrected chi connectivity index (χ4v) is 2.99. The van der Waals surface area contributed by atoms with E-state index in [1.54, 1.807) is 12.3 Å². The predicted octanol–water partition coefficient (Wildman–Crippen LogP) is 2.54. The summed E-state index contributed by atoms with van der Waals surface area (Å²) in [7, 11) is 0. The average Bonchev–Trinajstić information content (AvgIpc) is 3.01. The maximum Gasteiger partial charge on any atom is 0.267 e. The number of H-pyrrole nitrogens is 1. The average molecular weight is 351 g/mol. The Kier molecular flexibility index (Phi) is 4.46. The van der Waals surface area contributed by atoms with Crippen LogP contribution in [0.15, 0.2) is 36.7 Å². The number of primary amides is 1. The second kappa shape index (κ2) is 6.59. The topological polar surface area (TPSA) is 114 Å². The summed E-state index contributed by atoms with van der Waals surface area (Å²) in [4.78, 5) is 28.4. The van der Waals surface area contributed by atoms with Crippen molar-refractivity contribution in [3.8, 4) is 0 Å². The van der Waals surface area contributed by atoms with Crippen LogP contribution in [0, 0.1) is 0 Å². The number of rotatable bonds is 4. The Balaban J connectivity index is 1.87. The van der Waals surface area contributed by atoms with E-state index in [-0.39, 0.29) is 18.0 Å². The number of nitrogens with two attached hydrogens (primary N) is 1. The van der Waals surface area contributed by atoms with Gasteiger partial charge < -0.3 is 11.1 Å². The molecule has 0 spiro atoms. The van der Waals surface area contributed by atoms with Crippen molar-refractivity contribution in [2.24, 2.45) is 5.73 Å². The summed E-state index contributed by atoms with van der Waals surface area (Å²) in [5, 5.41) is 10.7. The molecule has 0 fully saturated rings. The molecule has 134 valence electrons. The number of hydrogen-bond acceptors (Lipinski definition) is 4. The summed E-state index contributed by atoms with van der Waals surface area (Å²) in [5.41, 5.74) is 8.14. The lowest BCUT2D eigenvalue weighted by Crippen LogP contribution is -2.26. The highest BCUT2D eigenvalue weighted by atomic mass is 16.2. The fourth-order valence-electron chi connectivity index (χ4n) is 2.99. The minimum atomic E-state index is -0.615. The van der Waals surface area contributed by atoms with Crippen molar-refractivity contribution in [2.45, 2.75) is 32.6 Å². The largest absolute Gasteiger partial charge is 0.364 e. The summed E-state index contributed by atoms with van der Waals surface area (Å²) in [6.07, 6.45) is 3.41. The lowest BCUT2D eigenvalue weighted by molar-refractivity contribution is -0.115. The van der Waals surface area contributed by atoms with Crippen molar-refractivity contribution in [2.75, 3.05) is 5.32 Å². The van der Waals surface area contributed by atoms with Crippen LogP contribution in [0.4, 0.5) is 5.69 Å². The van der Waals surface area contributed by atoms with E-state index in [9.17, 15) is 9.59 Å². The number of hydrogen-bond donors (Lipinski definition) is 3. The molecule has 2 aromatic heterocycles. The predicted molar refractivity (Wildman–Crippen MR) is 99.9 cm³/mol. The molecule has 0 aliphatic heterocycles. The third-order valence-corrected chi connectivity index (χ3v) is 4.08. The zero-order chi connectivity index (χ0) is 18.9. The Morgan fingerprint density at radius 1 is 1.23 bits per heavy atom. The van der Waals surface area contributed by atoms with E-state index in [4.69, 9.17) is 5.73 Å². The first kappa shape index (κ1) is 17.6. The first-order valence-corrected chi connectivity index (χ1v) is 8.27. The molecule has 4 N–H and O–H groups in total. The normalized spacial score (nSPS) is 11.5. The first-order chi connectivity index (χ1) is 12.3. The number of amides is 2. The summed E-state index contributed by atoms with van der Waals surface area (Å²) in [6.45, 7) is 5.83. The van der Waals surface area contributed by atoms with Gasteiger partial charge in [0, 0.05) is 22.8 Å². The standard InChI is InChI=1S/C19H21N5O2/c1-19(2,3)16-13(6-7-21-17(16)18(20)26)23-15(25)9-11-4-5-12-10-22-24-14(12)8-11/h4-8,10H,9H2,1-3H3,(H2,20,26)(H,22,24)(H,21,23,25). The van der Waals surface area contributed by atoms with Crippen LogP contribution in [-0.4, -0.2) is 27.0 Å². The van der Waals surface area contributed by atoms with Crippen molar-refractivity contribution in [3.63, 3.8) is 0 Å². The molecule has 7 nitrogen and oxygen atoms in total. The van der Waals surface area contributed by atoms with Gasteiger partial charge in [0.1, 0.15) is 5.69 Å². The molecular formula is C19H21N5O2. The van der Waals surface area contributed by atoms with Gasteiger partial charge >= 0.3 is 0 Å². The van der Waals surface area contributed by atoms with Gasteiger partial charge in [-0.1, -0.05) is 32.9 Å². The van der Waals surface area contributed by atoms with Crippen LogP contribution in [0.25, 0.3) is 10.9 Å². The highest BCUT2D eigenvalue weighted by Gasteiger charge is 2.26. The summed E-state index contributed by atoms with van der Waals surface area (Å²) in [6, 6.07) is 7.39. The van der Waals surface area contributed by atoms with Gasteiger partial charge in [0.15, 0.2) is 0 Å². The Hall–Kier alpha value is -3.22. The van der Waals surface area contributed by atoms with Crippen molar-refractivity contribution < 1.29 is 9.59 Å². The number of nitrogens with one attached hydrogen (secondary N) is 2. The molecule has 3 aromatic rings. The van der Waals surface area contributed by atoms with Gasteiger partial charge in [0.2, 0.25) is 5.91 Å². The molecule has 3 rings (SSSR count). The molecule has 2 amide bonds. The Bertz CT molecular complexity index is 985. The molecule has 2 heterocycles. The SMILES string of the molecule is CC(C)(C)c1c(NC(=O)Cc2ccc3cn[nH]c3c2)ccnc1C(N)=O. The molecular weight excluding hydrogens is 330 g/mol. The van der Waals surface area contributed by atoms with E-state index in [1.807, 2.05) is 39.0 Å². The summed E-state index contributed by atoms with van der Waals surface area (Å²) >= 11 is 0. The highest BCUT2D eigenvalue weighted by molar-refractivity contribution is 5.98. The van der Waals surface area contributed by atoms with E-state index in [0.29, 0.717) is 11.3 Å². The van der Waals surface area contributed by atoms with Crippen LogP contribution < -0.4 is 11.1 Å². The number of nitrogens with zero attached hydrogens (tertiary/aromatic N) is 2. The van der Waals surface area contributed by atoms with E-state index < -0.39 is 11.3 Å². The van der Waals surface area contributed by atoms with Gasteiger partial charge in [0.25, 0.3) is 5.91 Å². The van der Waals surface area contributed by atoms with E-state index >= 15 is 0 Å². The summed E-state index contributed by atoms with van der Waals surface area (Å²) < 4.78 is 0. The number of benzene rings is 1. The molecule has 1 aromatic carbocycles. The number of carbonyl (C=O) groups excluding carboxylic acids is 2. The fraction of sp³-hybridized carbons (Fsp3) is 0.263. The van der Waals surface area contributed by atoms with Crippen LogP contribution in [0.5, 0.6) is 0 Å². The van der Waals surface area contributed by atoms with Crippen LogP contribution in [0.2, 0.25) is 0 Å². The Morgan fingerprint density at radius 3 is 2.69 bits per heavy atom. The monoisotopic (exact) mass is 351 g/mol. The van der Waals surface area contributed by atoms with Crippen LogP contribution in [0.3, 0.4) is 0 Å². The quantitative estimate of drug-likeness (QED) is 0.670. The molecule has 0 atom stereocenters. The van der Waals surface area contributed by atoms with Gasteiger partial charge in [-0.05, 0) is 23.1 Å². The molecule has 0 aliphatic rings. The molecule has 0 saturated heterocycles. The third-order valence-electron chi connectivity index (χ3n) is 4.08. The molecule has 26 heavy (non-hydrogen) atoms. The molecule has 0 unspecified atom stereocenters. The van der Waals surface area contributed by atoms with Gasteiger partial charge in [-0.3, -0.25) is 19.7 Å². The number of pyridine rings is 1. The molecule has 0 aliphatic carbocycles. The van der Waals surface area contributed by atoms with Crippen LogP contribution in [0.1, 0.15) is 42.4 Å². The van der Waals surface area contributed by atoms with E-state index in [1.165, 1.54) is 6.20 Å². The zero-order valence-corrected chi connectivity index (χ0v) is 15.0. The minimum absolute atomic E-state index is 0.175. The van der Waals surface area contributed by atoms with Crippen LogP contribution in [-0.2, 0) is 16.6 Å². The van der Waals surface area contributed by atoms with Gasteiger partial charge in [-0.2, -0.15) is 5.10 Å². The van der Waals surface area contributed by atoms with Gasteiger partial charge in [-0.25, -0.2) is 0 Å². The van der Waals surface area contributed by atoms with Gasteiger partial charge in [0.05, 0.1) is 18.1 Å². The first-order valence-electron chi connectivity index (χ1n) is 8.27. The third kappa shape index (κ3) is 3.56. The Morgan fingerprint density at radius 2 is 2.00 bits per heavy atom. The molecule has 0 saturated carbocycles. The number of anilines is 1. The second-order valence-electron chi connectivity index (χ2n) is 7.21. The van der Waals surface area contributed by atoms with Crippen LogP contribution >= 0.6 is 0 Å². The van der Waals surface area contributed by atoms with Crippen molar-refractivity contribution in [1.29, 1.82) is 0 Å². The van der Waals surface area contributed by atoms with E-state index in [2.05, 4.69) is 20.5 Å². The number of aromatic amines is 1. The van der Waals surface area contributed by atoms with Crippen molar-refractivity contribution >= 4 is 28.4 Å². The van der Waals surface area contributed by atoms with Gasteiger partial charge in [-0.15, -0.1) is 0 Å². The second-order valence-corrected chi connectivity index (χ2v) is 7.21. The number of fused-ring (bicyclic) bond motifs is 1. The maximum atomic E-state index is 12.5. The van der Waals surface area contributed by atoms with Crippen molar-refractivity contribution in [3.05, 3.63) is 53.5 Å². The number of carbonyl (C=O) groups is 2. The summed E-state index contributed by atoms with van der Waals surface area (Å²) in [5.74, 6) is -0.799. The highest BCUT2D eigenvalue weighted by Crippen LogP contribution is 2.31. The lowest BCUT2D eigenvalue weighted by Gasteiger charge is -2.24. The Labute approximate surface area is 151 Å². The minimum Gasteiger partial charge on any atom is -0.364 e. The zero-order valence-electron chi connectivity index (χ0n) is 15.0. The molecule has 7 heteroatoms. The molecule has 0 bridgehead atoms. The smallest absolute Gasteiger partial charge is 0.267 e. The number of aromatic nitrogens is 3. The lowest BCUT2D eigenvalue weighted by atomic mass is 9.84. The molecule has 0 radical (unpaired) electrons. The van der Waals surface area contributed by atoms with E-state index in [0.717, 1.165) is 16.5 Å². The van der Waals surface area contributed by atoms with Crippen molar-refractivity contribution in [1.82, 2.24) is 15.2 Å².